The molecule has 2 atom stereocenters. The molecule has 2 fully saturated rings. The number of imidazole rings is 2. The van der Waals surface area contributed by atoms with Crippen molar-refractivity contribution < 1.29 is 0 Å². The topological polar surface area (TPSA) is 224 Å². The highest BCUT2D eigenvalue weighted by Crippen LogP contribution is 2.41. The maximum atomic E-state index is 4.90. The fourth-order valence-electron chi connectivity index (χ4n) is 8.75. The minimum atomic E-state index is 0.247. The van der Waals surface area contributed by atoms with Crippen LogP contribution < -0.4 is 10.6 Å². The van der Waals surface area contributed by atoms with Gasteiger partial charge in [-0.05, 0) is 66.2 Å². The molecule has 0 bridgehead atoms. The molecule has 2 N–H and O–H groups in total. The summed E-state index contributed by atoms with van der Waals surface area (Å²) in [6, 6.07) is 0.495. The highest BCUT2D eigenvalue weighted by molar-refractivity contribution is 5.87. The van der Waals surface area contributed by atoms with Gasteiger partial charge in [0.1, 0.15) is 59.2 Å². The van der Waals surface area contributed by atoms with Gasteiger partial charge in [-0.2, -0.15) is 0 Å². The fourth-order valence-corrected chi connectivity index (χ4v) is 8.75. The fraction of sp³-hybridized carbons (Fsp3) is 0.476. The quantitative estimate of drug-likeness (QED) is 0.185. The molecule has 8 aromatic rings. The van der Waals surface area contributed by atoms with Gasteiger partial charge >= 0.3 is 0 Å². The second-order valence-electron chi connectivity index (χ2n) is 16.7. The molecule has 0 spiro atoms. The maximum Gasteiger partial charge on any atom is 0.165 e. The van der Waals surface area contributed by atoms with Gasteiger partial charge in [-0.25, -0.2) is 49.8 Å². The molecule has 20 heteroatoms. The molecule has 316 valence electrons. The highest BCUT2D eigenvalue weighted by Gasteiger charge is 2.34. The first-order valence-corrected chi connectivity index (χ1v) is 21.8. The van der Waals surface area contributed by atoms with Crippen LogP contribution >= 0.6 is 0 Å². The summed E-state index contributed by atoms with van der Waals surface area (Å²) in [4.78, 5) is 45.3. The first kappa shape index (κ1) is 38.1. The Morgan fingerprint density at radius 3 is 1.34 bits per heavy atom. The van der Waals surface area contributed by atoms with Crippen LogP contribution in [0, 0.1) is 13.8 Å². The molecule has 4 aliphatic rings. The molecular weight excluding hydrogens is 785 g/mol. The molecule has 0 amide bonds. The standard InChI is InChI=1S/2C21H24N10/c2*1-3-30-19(14-8-22-12(2)23-9-14)27-17-18(24-11-25-21(17)30)26-15-6-7-16-28-29-20(13-4-5-13)31(16)10-15/h2*8-9,11,13,15H,3-7,10H2,1-2H3,(H,24,25,26). The number of rotatable bonds is 10. The van der Waals surface area contributed by atoms with Gasteiger partial charge in [0.2, 0.25) is 0 Å². The molecule has 2 saturated carbocycles. The molecule has 2 aliphatic heterocycles. The van der Waals surface area contributed by atoms with Crippen LogP contribution in [0.2, 0.25) is 0 Å². The summed E-state index contributed by atoms with van der Waals surface area (Å²) >= 11 is 0. The molecule has 0 saturated heterocycles. The van der Waals surface area contributed by atoms with Gasteiger partial charge in [0.05, 0.1) is 11.1 Å². The van der Waals surface area contributed by atoms with E-state index in [9.17, 15) is 0 Å². The van der Waals surface area contributed by atoms with Gasteiger partial charge in [0.25, 0.3) is 0 Å². The lowest BCUT2D eigenvalue weighted by Crippen LogP contribution is -2.32. The summed E-state index contributed by atoms with van der Waals surface area (Å²) in [6.45, 7) is 11.1. The van der Waals surface area contributed by atoms with E-state index in [0.717, 1.165) is 144 Å². The second-order valence-corrected chi connectivity index (χ2v) is 16.7. The third-order valence-corrected chi connectivity index (χ3v) is 12.3. The normalized spacial score (nSPS) is 18.3. The molecule has 10 heterocycles. The number of anilines is 2. The number of hydrogen-bond acceptors (Lipinski definition) is 16. The zero-order valence-electron chi connectivity index (χ0n) is 35.3. The Balaban J connectivity index is 0.000000139. The van der Waals surface area contributed by atoms with E-state index in [1.807, 2.05) is 38.6 Å². The zero-order valence-corrected chi connectivity index (χ0v) is 35.3. The molecule has 20 nitrogen and oxygen atoms in total. The zero-order chi connectivity index (χ0) is 41.9. The van der Waals surface area contributed by atoms with E-state index in [1.54, 1.807) is 12.7 Å². The first-order chi connectivity index (χ1) is 30.4. The number of fused-ring (bicyclic) bond motifs is 4. The Morgan fingerprint density at radius 2 is 0.952 bits per heavy atom. The van der Waals surface area contributed by atoms with E-state index < -0.39 is 0 Å². The van der Waals surface area contributed by atoms with Crippen LogP contribution in [0.4, 0.5) is 11.6 Å². The average molecular weight is 833 g/mol. The monoisotopic (exact) mass is 832 g/mol. The van der Waals surface area contributed by atoms with E-state index in [4.69, 9.17) is 9.97 Å². The number of hydrogen-bond donors (Lipinski definition) is 2. The lowest BCUT2D eigenvalue weighted by atomic mass is 10.1. The van der Waals surface area contributed by atoms with Crippen LogP contribution in [0.15, 0.2) is 37.4 Å². The van der Waals surface area contributed by atoms with Crippen LogP contribution in [-0.4, -0.2) is 101 Å². The Morgan fingerprint density at radius 1 is 0.532 bits per heavy atom. The lowest BCUT2D eigenvalue weighted by molar-refractivity contribution is 0.465. The minimum absolute atomic E-state index is 0.247. The third kappa shape index (κ3) is 7.05. The van der Waals surface area contributed by atoms with Crippen LogP contribution in [0.25, 0.3) is 45.1 Å². The van der Waals surface area contributed by atoms with Gasteiger partial charge in [-0.15, -0.1) is 20.4 Å². The summed E-state index contributed by atoms with van der Waals surface area (Å²) in [5.41, 5.74) is 4.92. The van der Waals surface area contributed by atoms with E-state index in [1.165, 1.54) is 25.7 Å². The van der Waals surface area contributed by atoms with Crippen molar-refractivity contribution in [2.24, 2.45) is 0 Å². The molecular formula is C42H48N20. The lowest BCUT2D eigenvalue weighted by Gasteiger charge is -2.25. The van der Waals surface area contributed by atoms with Crippen molar-refractivity contribution in [3.8, 4) is 22.8 Å². The predicted molar refractivity (Wildman–Crippen MR) is 229 cm³/mol. The van der Waals surface area contributed by atoms with Crippen molar-refractivity contribution in [2.45, 2.75) is 129 Å². The first-order valence-electron chi connectivity index (χ1n) is 21.8. The Labute approximate surface area is 356 Å². The molecule has 0 radical (unpaired) electrons. The van der Waals surface area contributed by atoms with Crippen LogP contribution in [-0.2, 0) is 39.0 Å². The summed E-state index contributed by atoms with van der Waals surface area (Å²) < 4.78 is 8.77. The van der Waals surface area contributed by atoms with Crippen molar-refractivity contribution >= 4 is 34.0 Å². The third-order valence-electron chi connectivity index (χ3n) is 12.3. The van der Waals surface area contributed by atoms with Crippen molar-refractivity contribution in [2.75, 3.05) is 10.6 Å². The van der Waals surface area contributed by atoms with Crippen LogP contribution in [0.3, 0.4) is 0 Å². The summed E-state index contributed by atoms with van der Waals surface area (Å²) in [5, 5.41) is 25.0. The number of aryl methyl sites for hydroxylation is 6. The minimum Gasteiger partial charge on any atom is -0.364 e. The summed E-state index contributed by atoms with van der Waals surface area (Å²) in [6.07, 6.45) is 19.2. The Hall–Kier alpha value is -6.86. The van der Waals surface area contributed by atoms with E-state index >= 15 is 0 Å². The van der Waals surface area contributed by atoms with Crippen molar-refractivity contribution in [1.82, 2.24) is 88.5 Å². The Kier molecular flexibility index (Phi) is 9.56. The SMILES string of the molecule is CCn1c(-c2cnc(C)nc2)nc2c(NC3CCc4nnc(C5CC5)n4C3)ncnc21.CCn1c(-c2cnc(C)nc2)nc2c(NC3CCc4nnc(C5CC5)n4C3)ncnc21. The summed E-state index contributed by atoms with van der Waals surface area (Å²) in [7, 11) is 0. The molecule has 0 aromatic carbocycles. The number of nitrogens with zero attached hydrogens (tertiary/aromatic N) is 18. The highest BCUT2D eigenvalue weighted by atomic mass is 15.3. The Bertz CT molecular complexity index is 2700. The van der Waals surface area contributed by atoms with Gasteiger partial charge in [-0.3, -0.25) is 0 Å². The molecule has 62 heavy (non-hydrogen) atoms. The van der Waals surface area contributed by atoms with Gasteiger partial charge < -0.3 is 28.9 Å². The number of aromatic nitrogens is 18. The smallest absolute Gasteiger partial charge is 0.165 e. The largest absolute Gasteiger partial charge is 0.364 e. The van der Waals surface area contributed by atoms with E-state index in [0.29, 0.717) is 11.8 Å². The average Bonchev–Trinajstić information content (AvgIpc) is 4.16. The van der Waals surface area contributed by atoms with Gasteiger partial charge in [0.15, 0.2) is 34.0 Å². The van der Waals surface area contributed by atoms with Crippen LogP contribution in [0.1, 0.15) is 99.2 Å². The van der Waals surface area contributed by atoms with Crippen molar-refractivity contribution in [3.63, 3.8) is 0 Å². The van der Waals surface area contributed by atoms with Gasteiger partial charge in [0, 0.05) is 87.7 Å². The van der Waals surface area contributed by atoms with Gasteiger partial charge in [-0.1, -0.05) is 0 Å². The van der Waals surface area contributed by atoms with E-state index in [-0.39, 0.29) is 12.1 Å². The molecule has 2 aliphatic carbocycles. The maximum absolute atomic E-state index is 4.90. The predicted octanol–water partition coefficient (Wildman–Crippen LogP) is 5.01. The molecule has 2 unspecified atom stereocenters. The molecule has 8 aromatic heterocycles. The van der Waals surface area contributed by atoms with Crippen molar-refractivity contribution in [1.29, 1.82) is 0 Å². The number of nitrogens with one attached hydrogen (secondary N) is 2. The summed E-state index contributed by atoms with van der Waals surface area (Å²) in [5.74, 6) is 10.3. The second kappa shape index (κ2) is 15.6. The molecule has 12 rings (SSSR count). The van der Waals surface area contributed by atoms with E-state index in [2.05, 4.69) is 103 Å². The van der Waals surface area contributed by atoms with Crippen molar-refractivity contribution in [3.05, 3.63) is 72.4 Å². The van der Waals surface area contributed by atoms with Crippen LogP contribution in [0.5, 0.6) is 0 Å².